The fourth-order valence-corrected chi connectivity index (χ4v) is 3.75. The second-order valence-corrected chi connectivity index (χ2v) is 6.46. The number of fused-ring (bicyclic) bond motifs is 4. The van der Waals surface area contributed by atoms with Crippen molar-refractivity contribution in [3.05, 3.63) is 35.5 Å². The van der Waals surface area contributed by atoms with E-state index in [9.17, 15) is 14.4 Å². The van der Waals surface area contributed by atoms with Gasteiger partial charge in [0.25, 0.3) is 0 Å². The zero-order valence-corrected chi connectivity index (χ0v) is 13.9. The molecule has 0 saturated carbocycles. The van der Waals surface area contributed by atoms with Gasteiger partial charge in [-0.25, -0.2) is 0 Å². The number of carbonyl (C=O) groups excluding carboxylic acids is 3. The van der Waals surface area contributed by atoms with E-state index >= 15 is 0 Å². The molecular formula is C18H19N3O4. The van der Waals surface area contributed by atoms with Crippen molar-refractivity contribution in [2.45, 2.75) is 25.4 Å². The molecule has 2 aliphatic heterocycles. The molecule has 0 aliphatic carbocycles. The van der Waals surface area contributed by atoms with Gasteiger partial charge in [-0.15, -0.1) is 0 Å². The highest BCUT2D eigenvalue weighted by molar-refractivity contribution is 5.97. The molecule has 7 heteroatoms. The van der Waals surface area contributed by atoms with Gasteiger partial charge in [-0.3, -0.25) is 14.4 Å². The van der Waals surface area contributed by atoms with Gasteiger partial charge in [0.05, 0.1) is 26.6 Å². The number of piperazine rings is 1. The Labute approximate surface area is 144 Å². The standard InChI is InChI=1S/C18H19N3O4/c1-25-17(23)6-7-20-10-16(22)21-9-14-12(8-15(21)18(20)24)11-4-2-3-5-13(11)19-14/h2-5,15,19H,6-10H2,1H3/t15-/m0/s1. The van der Waals surface area contributed by atoms with Crippen LogP contribution in [0.5, 0.6) is 0 Å². The van der Waals surface area contributed by atoms with E-state index in [1.807, 2.05) is 24.3 Å². The quantitative estimate of drug-likeness (QED) is 0.838. The van der Waals surface area contributed by atoms with Crippen LogP contribution in [-0.4, -0.2) is 58.8 Å². The molecule has 0 radical (unpaired) electrons. The predicted molar refractivity (Wildman–Crippen MR) is 89.6 cm³/mol. The molecule has 4 rings (SSSR count). The van der Waals surface area contributed by atoms with Crippen LogP contribution < -0.4 is 0 Å². The second-order valence-electron chi connectivity index (χ2n) is 6.46. The molecule has 2 amide bonds. The third-order valence-corrected chi connectivity index (χ3v) is 5.06. The van der Waals surface area contributed by atoms with E-state index in [4.69, 9.17) is 0 Å². The minimum absolute atomic E-state index is 0.0158. The Morgan fingerprint density at radius 3 is 2.88 bits per heavy atom. The molecule has 25 heavy (non-hydrogen) atoms. The van der Waals surface area contributed by atoms with Crippen LogP contribution >= 0.6 is 0 Å². The lowest BCUT2D eigenvalue weighted by Crippen LogP contribution is -2.61. The number of ether oxygens (including phenoxy) is 1. The maximum Gasteiger partial charge on any atom is 0.307 e. The topological polar surface area (TPSA) is 82.7 Å². The van der Waals surface area contributed by atoms with Crippen molar-refractivity contribution < 1.29 is 19.1 Å². The molecule has 0 spiro atoms. The average molecular weight is 341 g/mol. The molecule has 3 heterocycles. The number of esters is 1. The Morgan fingerprint density at radius 2 is 2.08 bits per heavy atom. The maximum atomic E-state index is 12.8. The lowest BCUT2D eigenvalue weighted by Gasteiger charge is -2.42. The Morgan fingerprint density at radius 1 is 1.28 bits per heavy atom. The summed E-state index contributed by atoms with van der Waals surface area (Å²) in [6.45, 7) is 0.647. The number of aromatic amines is 1. The Balaban J connectivity index is 1.61. The first-order valence-corrected chi connectivity index (χ1v) is 8.32. The summed E-state index contributed by atoms with van der Waals surface area (Å²) in [4.78, 5) is 43.2. The third-order valence-electron chi connectivity index (χ3n) is 5.06. The van der Waals surface area contributed by atoms with Crippen LogP contribution in [0.3, 0.4) is 0 Å². The molecule has 1 fully saturated rings. The highest BCUT2D eigenvalue weighted by Crippen LogP contribution is 2.32. The van der Waals surface area contributed by atoms with Gasteiger partial charge in [0.2, 0.25) is 11.8 Å². The minimum atomic E-state index is -0.495. The van der Waals surface area contributed by atoms with E-state index in [0.29, 0.717) is 13.0 Å². The lowest BCUT2D eigenvalue weighted by atomic mass is 9.94. The van der Waals surface area contributed by atoms with Gasteiger partial charge in [-0.05, 0) is 11.6 Å². The van der Waals surface area contributed by atoms with E-state index in [1.54, 1.807) is 4.90 Å². The second kappa shape index (κ2) is 5.91. The average Bonchev–Trinajstić information content (AvgIpc) is 2.99. The number of rotatable bonds is 3. The van der Waals surface area contributed by atoms with Crippen LogP contribution in [0.1, 0.15) is 17.7 Å². The van der Waals surface area contributed by atoms with Crippen LogP contribution in [0.25, 0.3) is 10.9 Å². The Bertz CT molecular complexity index is 872. The number of hydrogen-bond acceptors (Lipinski definition) is 4. The summed E-state index contributed by atoms with van der Waals surface area (Å²) in [5, 5.41) is 1.10. The highest BCUT2D eigenvalue weighted by Gasteiger charge is 2.42. The van der Waals surface area contributed by atoms with Gasteiger partial charge < -0.3 is 19.5 Å². The molecule has 2 aliphatic rings. The van der Waals surface area contributed by atoms with Crippen molar-refractivity contribution in [3.8, 4) is 0 Å². The van der Waals surface area contributed by atoms with Crippen molar-refractivity contribution in [1.82, 2.24) is 14.8 Å². The number of carbonyl (C=O) groups is 3. The molecule has 2 aromatic rings. The smallest absolute Gasteiger partial charge is 0.307 e. The van der Waals surface area contributed by atoms with Crippen molar-refractivity contribution in [1.29, 1.82) is 0 Å². The van der Waals surface area contributed by atoms with Gasteiger partial charge in [0.1, 0.15) is 6.04 Å². The maximum absolute atomic E-state index is 12.8. The van der Waals surface area contributed by atoms with E-state index < -0.39 is 6.04 Å². The predicted octanol–water partition coefficient (Wildman–Crippen LogP) is 0.826. The number of aromatic nitrogens is 1. The Hall–Kier alpha value is -2.83. The SMILES string of the molecule is COC(=O)CCN1CC(=O)N2Cc3[nH]c4ccccc4c3C[C@H]2C1=O. The normalized spacial score (nSPS) is 19.8. The number of nitrogens with zero attached hydrogens (tertiary/aromatic N) is 2. The van der Waals surface area contributed by atoms with Gasteiger partial charge >= 0.3 is 5.97 Å². The van der Waals surface area contributed by atoms with Gasteiger partial charge in [0.15, 0.2) is 0 Å². The molecule has 7 nitrogen and oxygen atoms in total. The molecule has 1 aromatic carbocycles. The van der Waals surface area contributed by atoms with Crippen molar-refractivity contribution in [3.63, 3.8) is 0 Å². The molecule has 1 N–H and O–H groups in total. The number of amides is 2. The first-order chi connectivity index (χ1) is 12.1. The minimum Gasteiger partial charge on any atom is -0.469 e. The summed E-state index contributed by atoms with van der Waals surface area (Å²) in [6, 6.07) is 7.47. The number of nitrogens with one attached hydrogen (secondary N) is 1. The van der Waals surface area contributed by atoms with E-state index in [-0.39, 0.29) is 37.3 Å². The van der Waals surface area contributed by atoms with Crippen LogP contribution in [0.15, 0.2) is 24.3 Å². The zero-order valence-electron chi connectivity index (χ0n) is 13.9. The summed E-state index contributed by atoms with van der Waals surface area (Å²) >= 11 is 0. The van der Waals surface area contributed by atoms with Crippen LogP contribution in [0.2, 0.25) is 0 Å². The molecule has 1 atom stereocenters. The largest absolute Gasteiger partial charge is 0.469 e. The zero-order chi connectivity index (χ0) is 17.6. The molecule has 130 valence electrons. The fraction of sp³-hybridized carbons (Fsp3) is 0.389. The van der Waals surface area contributed by atoms with Gasteiger partial charge in [-0.1, -0.05) is 18.2 Å². The summed E-state index contributed by atoms with van der Waals surface area (Å²) in [5.41, 5.74) is 3.13. The summed E-state index contributed by atoms with van der Waals surface area (Å²) in [5.74, 6) is -0.566. The summed E-state index contributed by atoms with van der Waals surface area (Å²) in [6.07, 6.45) is 0.596. The molecule has 0 bridgehead atoms. The number of benzene rings is 1. The van der Waals surface area contributed by atoms with Crippen molar-refractivity contribution in [2.24, 2.45) is 0 Å². The van der Waals surface area contributed by atoms with Crippen molar-refractivity contribution in [2.75, 3.05) is 20.2 Å². The summed E-state index contributed by atoms with van der Waals surface area (Å²) in [7, 11) is 1.31. The van der Waals surface area contributed by atoms with Crippen LogP contribution in [-0.2, 0) is 32.1 Å². The molecule has 1 aromatic heterocycles. The van der Waals surface area contributed by atoms with Gasteiger partial charge in [0, 0.05) is 29.6 Å². The number of H-pyrrole nitrogens is 1. The Kier molecular flexibility index (Phi) is 3.71. The van der Waals surface area contributed by atoms with E-state index in [0.717, 1.165) is 22.2 Å². The van der Waals surface area contributed by atoms with Crippen LogP contribution in [0, 0.1) is 0 Å². The highest BCUT2D eigenvalue weighted by atomic mass is 16.5. The molecular weight excluding hydrogens is 322 g/mol. The number of para-hydroxylation sites is 1. The monoisotopic (exact) mass is 341 g/mol. The first-order valence-electron chi connectivity index (χ1n) is 8.32. The molecule has 1 saturated heterocycles. The van der Waals surface area contributed by atoms with E-state index in [2.05, 4.69) is 9.72 Å². The van der Waals surface area contributed by atoms with Gasteiger partial charge in [-0.2, -0.15) is 0 Å². The fourth-order valence-electron chi connectivity index (χ4n) is 3.75. The summed E-state index contributed by atoms with van der Waals surface area (Å²) < 4.78 is 4.62. The third kappa shape index (κ3) is 2.56. The number of hydrogen-bond donors (Lipinski definition) is 1. The van der Waals surface area contributed by atoms with Crippen LogP contribution in [0.4, 0.5) is 0 Å². The van der Waals surface area contributed by atoms with E-state index in [1.165, 1.54) is 12.0 Å². The molecule has 0 unspecified atom stereocenters. The van der Waals surface area contributed by atoms with Crippen molar-refractivity contribution >= 4 is 28.7 Å². The lowest BCUT2D eigenvalue weighted by molar-refractivity contribution is -0.158. The number of methoxy groups -OCH3 is 1. The first kappa shape index (κ1) is 15.7.